The quantitative estimate of drug-likeness (QED) is 0.584. The maximum absolute atomic E-state index is 13.3. The normalized spacial score (nSPS) is 21.3. The van der Waals surface area contributed by atoms with E-state index in [2.05, 4.69) is 15.6 Å². The number of amides is 3. The Morgan fingerprint density at radius 1 is 1.14 bits per heavy atom. The van der Waals surface area contributed by atoms with E-state index in [9.17, 15) is 14.4 Å². The number of ether oxygens (including phenoxy) is 2. The molecule has 36 heavy (non-hydrogen) atoms. The molecule has 1 aromatic heterocycles. The summed E-state index contributed by atoms with van der Waals surface area (Å²) in [6, 6.07) is 8.83. The molecule has 1 saturated heterocycles. The van der Waals surface area contributed by atoms with Crippen LogP contribution in [0.15, 0.2) is 42.7 Å². The molecule has 0 spiro atoms. The van der Waals surface area contributed by atoms with Gasteiger partial charge in [0, 0.05) is 38.1 Å². The van der Waals surface area contributed by atoms with Crippen LogP contribution in [-0.4, -0.2) is 66.1 Å². The zero-order valence-electron chi connectivity index (χ0n) is 20.9. The zero-order valence-corrected chi connectivity index (χ0v) is 20.9. The Morgan fingerprint density at radius 2 is 1.94 bits per heavy atom. The number of hydrogen-bond donors (Lipinski definition) is 2. The predicted octanol–water partition coefficient (Wildman–Crippen LogP) is 2.95. The molecule has 0 radical (unpaired) electrons. The van der Waals surface area contributed by atoms with Gasteiger partial charge in [-0.1, -0.05) is 6.92 Å². The molecule has 0 unspecified atom stereocenters. The van der Waals surface area contributed by atoms with Crippen molar-refractivity contribution in [3.8, 4) is 5.75 Å². The molecule has 1 aromatic carbocycles. The molecule has 2 N–H and O–H groups in total. The number of nitrogens with zero attached hydrogens (tertiary/aromatic N) is 2. The van der Waals surface area contributed by atoms with Crippen molar-refractivity contribution in [3.63, 3.8) is 0 Å². The summed E-state index contributed by atoms with van der Waals surface area (Å²) in [4.78, 5) is 43.5. The summed E-state index contributed by atoms with van der Waals surface area (Å²) in [5, 5.41) is 5.80. The van der Waals surface area contributed by atoms with Crippen molar-refractivity contribution in [2.45, 2.75) is 63.7 Å². The molecule has 3 amide bonds. The van der Waals surface area contributed by atoms with Gasteiger partial charge in [-0.2, -0.15) is 0 Å². The van der Waals surface area contributed by atoms with Crippen LogP contribution in [-0.2, 0) is 20.7 Å². The van der Waals surface area contributed by atoms with E-state index >= 15 is 0 Å². The molecule has 3 atom stereocenters. The molecule has 0 saturated carbocycles. The summed E-state index contributed by atoms with van der Waals surface area (Å²) < 4.78 is 12.3. The maximum Gasteiger partial charge on any atom is 0.257 e. The smallest absolute Gasteiger partial charge is 0.257 e. The first-order valence-electron chi connectivity index (χ1n) is 12.6. The highest BCUT2D eigenvalue weighted by Crippen LogP contribution is 2.32. The van der Waals surface area contributed by atoms with Crippen LogP contribution in [0.1, 0.15) is 54.9 Å². The van der Waals surface area contributed by atoms with Crippen molar-refractivity contribution in [3.05, 3.63) is 53.9 Å². The fraction of sp³-hybridized carbons (Fsp3) is 0.481. The van der Waals surface area contributed by atoms with E-state index in [1.54, 1.807) is 42.5 Å². The Labute approximate surface area is 211 Å². The highest BCUT2D eigenvalue weighted by molar-refractivity contribution is 5.99. The predicted molar refractivity (Wildman–Crippen MR) is 135 cm³/mol. The lowest BCUT2D eigenvalue weighted by Gasteiger charge is -2.42. The molecule has 2 aromatic rings. The van der Waals surface area contributed by atoms with Gasteiger partial charge >= 0.3 is 0 Å². The third-order valence-corrected chi connectivity index (χ3v) is 6.67. The van der Waals surface area contributed by atoms with E-state index in [1.807, 2.05) is 19.1 Å². The van der Waals surface area contributed by atoms with Gasteiger partial charge in [0.25, 0.3) is 5.91 Å². The number of aromatic nitrogens is 1. The van der Waals surface area contributed by atoms with Crippen molar-refractivity contribution in [2.75, 3.05) is 25.5 Å². The van der Waals surface area contributed by atoms with E-state index < -0.39 is 0 Å². The van der Waals surface area contributed by atoms with Crippen LogP contribution in [0.2, 0.25) is 0 Å². The van der Waals surface area contributed by atoms with Crippen LogP contribution >= 0.6 is 0 Å². The molecule has 0 bridgehead atoms. The van der Waals surface area contributed by atoms with Crippen LogP contribution in [0, 0.1) is 0 Å². The second kappa shape index (κ2) is 12.0. The molecule has 0 aliphatic carbocycles. The number of benzene rings is 1. The van der Waals surface area contributed by atoms with Crippen LogP contribution in [0.25, 0.3) is 0 Å². The number of carbonyl (C=O) groups is 3. The summed E-state index contributed by atoms with van der Waals surface area (Å²) in [6.07, 6.45) is 6.50. The molecular formula is C27H34N4O5. The number of likely N-dealkylation sites (N-methyl/N-ethyl adjacent to an activating group) is 1. The monoisotopic (exact) mass is 494 g/mol. The van der Waals surface area contributed by atoms with Crippen LogP contribution < -0.4 is 15.4 Å². The molecule has 1 fully saturated rings. The van der Waals surface area contributed by atoms with E-state index in [1.165, 1.54) is 0 Å². The lowest BCUT2D eigenvalue weighted by Crippen LogP contribution is -2.54. The van der Waals surface area contributed by atoms with Gasteiger partial charge in [0.15, 0.2) is 0 Å². The number of rotatable bonds is 8. The van der Waals surface area contributed by atoms with Crippen LogP contribution in [0.3, 0.4) is 0 Å². The van der Waals surface area contributed by atoms with Gasteiger partial charge in [0.05, 0.1) is 24.1 Å². The summed E-state index contributed by atoms with van der Waals surface area (Å²) in [5.74, 6) is 0.144. The Balaban J connectivity index is 1.34. The number of hydrogen-bond acceptors (Lipinski definition) is 6. The van der Waals surface area contributed by atoms with Gasteiger partial charge < -0.3 is 25.0 Å². The van der Waals surface area contributed by atoms with Crippen LogP contribution in [0.4, 0.5) is 5.69 Å². The van der Waals surface area contributed by atoms with Gasteiger partial charge in [-0.05, 0) is 61.6 Å². The fourth-order valence-corrected chi connectivity index (χ4v) is 4.73. The SMILES string of the molecule is CCCC(=O)Nc1ccc2c(c1)C(=O)N(C)[C@@H]1CC[C@H](CC(=O)NCCc3ccncc3)O[C@@H]1CO2. The second-order valence-electron chi connectivity index (χ2n) is 9.34. The van der Waals surface area contributed by atoms with Gasteiger partial charge in [-0.15, -0.1) is 0 Å². The fourth-order valence-electron chi connectivity index (χ4n) is 4.73. The zero-order chi connectivity index (χ0) is 25.5. The van der Waals surface area contributed by atoms with Crippen molar-refractivity contribution in [1.29, 1.82) is 0 Å². The number of carbonyl (C=O) groups excluding carboxylic acids is 3. The Morgan fingerprint density at radius 3 is 2.72 bits per heavy atom. The first kappa shape index (κ1) is 25.6. The Kier molecular flexibility index (Phi) is 8.53. The Bertz CT molecular complexity index is 1080. The molecule has 4 rings (SSSR count). The highest BCUT2D eigenvalue weighted by atomic mass is 16.5. The maximum atomic E-state index is 13.3. The van der Waals surface area contributed by atoms with Gasteiger partial charge in [0.2, 0.25) is 11.8 Å². The topological polar surface area (TPSA) is 110 Å². The minimum Gasteiger partial charge on any atom is -0.490 e. The third kappa shape index (κ3) is 6.40. The average Bonchev–Trinajstić information content (AvgIpc) is 2.87. The van der Waals surface area contributed by atoms with Crippen molar-refractivity contribution < 1.29 is 23.9 Å². The molecular weight excluding hydrogens is 460 g/mol. The van der Waals surface area contributed by atoms with E-state index in [-0.39, 0.29) is 49.0 Å². The van der Waals surface area contributed by atoms with Crippen LogP contribution in [0.5, 0.6) is 5.75 Å². The lowest BCUT2D eigenvalue weighted by atomic mass is 9.94. The van der Waals surface area contributed by atoms with E-state index in [4.69, 9.17) is 9.47 Å². The van der Waals surface area contributed by atoms with Crippen molar-refractivity contribution in [2.24, 2.45) is 0 Å². The molecule has 9 nitrogen and oxygen atoms in total. The summed E-state index contributed by atoms with van der Waals surface area (Å²) in [5.41, 5.74) is 2.11. The largest absolute Gasteiger partial charge is 0.490 e. The molecule has 3 heterocycles. The second-order valence-corrected chi connectivity index (χ2v) is 9.34. The van der Waals surface area contributed by atoms with Crippen molar-refractivity contribution >= 4 is 23.4 Å². The molecule has 2 aliphatic heterocycles. The number of fused-ring (bicyclic) bond motifs is 2. The molecule has 192 valence electrons. The standard InChI is InChI=1S/C27H34N4O5/c1-3-4-25(32)30-19-5-8-23-21(15-19)27(34)31(2)22-7-6-20(36-24(22)17-35-23)16-26(33)29-14-11-18-9-12-28-13-10-18/h5,8-10,12-13,15,20,22,24H,3-4,6-7,11,14,16-17H2,1-2H3,(H,29,33)(H,30,32)/t20-,22-,24-/m1/s1. The minimum atomic E-state index is -0.334. The molecule has 2 aliphatic rings. The summed E-state index contributed by atoms with van der Waals surface area (Å²) in [7, 11) is 1.77. The third-order valence-electron chi connectivity index (χ3n) is 6.67. The minimum absolute atomic E-state index is 0.0494. The van der Waals surface area contributed by atoms with E-state index in [0.717, 1.165) is 18.4 Å². The van der Waals surface area contributed by atoms with E-state index in [0.29, 0.717) is 42.8 Å². The lowest BCUT2D eigenvalue weighted by molar-refractivity contribution is -0.134. The summed E-state index contributed by atoms with van der Waals surface area (Å²) >= 11 is 0. The van der Waals surface area contributed by atoms with Gasteiger partial charge in [-0.3, -0.25) is 19.4 Å². The van der Waals surface area contributed by atoms with Gasteiger partial charge in [0.1, 0.15) is 18.5 Å². The number of pyridine rings is 1. The molecule has 9 heteroatoms. The number of anilines is 1. The average molecular weight is 495 g/mol. The number of nitrogens with one attached hydrogen (secondary N) is 2. The van der Waals surface area contributed by atoms with Gasteiger partial charge in [-0.25, -0.2) is 0 Å². The first-order chi connectivity index (χ1) is 17.4. The highest BCUT2D eigenvalue weighted by Gasteiger charge is 2.39. The Hall–Kier alpha value is -3.46. The first-order valence-corrected chi connectivity index (χ1v) is 12.6. The van der Waals surface area contributed by atoms with Crippen molar-refractivity contribution in [1.82, 2.24) is 15.2 Å². The summed E-state index contributed by atoms with van der Waals surface area (Å²) in [6.45, 7) is 2.77.